The molecule has 0 aliphatic carbocycles. The van der Waals surface area contributed by atoms with Crippen LogP contribution in [0.1, 0.15) is 27.7 Å². The van der Waals surface area contributed by atoms with Gasteiger partial charge in [-0.1, -0.05) is 0 Å². The summed E-state index contributed by atoms with van der Waals surface area (Å²) in [6, 6.07) is -0.417. The third-order valence-electron chi connectivity index (χ3n) is 2.33. The predicted molar refractivity (Wildman–Crippen MR) is 61.4 cm³/mol. The molecule has 1 aliphatic rings. The summed E-state index contributed by atoms with van der Waals surface area (Å²) < 4.78 is 5.19. The lowest BCUT2D eigenvalue weighted by Crippen LogP contribution is -2.42. The predicted octanol–water partition coefficient (Wildman–Crippen LogP) is 0.103. The summed E-state index contributed by atoms with van der Waals surface area (Å²) >= 11 is 0. The molecule has 1 heterocycles. The third-order valence-corrected chi connectivity index (χ3v) is 2.33. The lowest BCUT2D eigenvalue weighted by molar-refractivity contribution is -0.120. The fourth-order valence-electron chi connectivity index (χ4n) is 1.67. The maximum atomic E-state index is 11.7. The van der Waals surface area contributed by atoms with Gasteiger partial charge in [-0.25, -0.2) is 4.79 Å². The van der Waals surface area contributed by atoms with Crippen LogP contribution in [0.2, 0.25) is 0 Å². The van der Waals surface area contributed by atoms with E-state index in [2.05, 4.69) is 5.32 Å². The van der Waals surface area contributed by atoms with Gasteiger partial charge in [-0.15, -0.1) is 0 Å². The Morgan fingerprint density at radius 2 is 1.94 bits per heavy atom. The van der Waals surface area contributed by atoms with E-state index in [1.807, 2.05) is 0 Å². The van der Waals surface area contributed by atoms with Crippen molar-refractivity contribution in [2.45, 2.75) is 45.4 Å². The number of hydrogen-bond donors (Lipinski definition) is 2. The molecular weight excluding hydrogens is 224 g/mol. The topological polar surface area (TPSA) is 78.9 Å². The van der Waals surface area contributed by atoms with Crippen LogP contribution in [0.3, 0.4) is 0 Å². The number of hydrogen-bond acceptors (Lipinski definition) is 4. The van der Waals surface area contributed by atoms with Gasteiger partial charge in [0.15, 0.2) is 0 Å². The highest BCUT2D eigenvalue weighted by Crippen LogP contribution is 2.15. The van der Waals surface area contributed by atoms with Gasteiger partial charge >= 0.3 is 6.09 Å². The Balaban J connectivity index is 2.53. The summed E-state index contributed by atoms with van der Waals surface area (Å²) in [7, 11) is 0. The van der Waals surface area contributed by atoms with Crippen molar-refractivity contribution in [3.8, 4) is 0 Å². The highest BCUT2D eigenvalue weighted by molar-refractivity contribution is 5.74. The fourth-order valence-corrected chi connectivity index (χ4v) is 1.67. The van der Waals surface area contributed by atoms with Crippen molar-refractivity contribution < 1.29 is 19.4 Å². The van der Waals surface area contributed by atoms with Crippen molar-refractivity contribution in [3.63, 3.8) is 0 Å². The standard InChI is InChI=1S/C11H20N2O4/c1-7(14)12-8-5-13(6-9(8)15)10(16)17-11(2,3)4/h8-9,15H,5-6H2,1-4H3,(H,12,14)/t8-,9+/m1/s1. The van der Waals surface area contributed by atoms with Crippen LogP contribution >= 0.6 is 0 Å². The van der Waals surface area contributed by atoms with Crippen LogP contribution in [0.15, 0.2) is 0 Å². The maximum absolute atomic E-state index is 11.7. The zero-order chi connectivity index (χ0) is 13.2. The van der Waals surface area contributed by atoms with Gasteiger partial charge in [0.1, 0.15) is 5.60 Å². The van der Waals surface area contributed by atoms with Crippen molar-refractivity contribution in [2.24, 2.45) is 0 Å². The second-order valence-corrected chi connectivity index (χ2v) is 5.26. The lowest BCUT2D eigenvalue weighted by Gasteiger charge is -2.24. The van der Waals surface area contributed by atoms with Crippen LogP contribution in [0.4, 0.5) is 4.79 Å². The van der Waals surface area contributed by atoms with E-state index in [-0.39, 0.29) is 19.0 Å². The van der Waals surface area contributed by atoms with Gasteiger partial charge in [-0.05, 0) is 20.8 Å². The number of likely N-dealkylation sites (tertiary alicyclic amines) is 1. The van der Waals surface area contributed by atoms with Gasteiger partial charge in [0, 0.05) is 13.5 Å². The molecule has 6 heteroatoms. The fraction of sp³-hybridized carbons (Fsp3) is 0.818. The first kappa shape index (κ1) is 13.8. The second kappa shape index (κ2) is 4.91. The molecule has 17 heavy (non-hydrogen) atoms. The van der Waals surface area contributed by atoms with Crippen LogP contribution in [0.5, 0.6) is 0 Å². The number of nitrogens with zero attached hydrogens (tertiary/aromatic N) is 1. The summed E-state index contributed by atoms with van der Waals surface area (Å²) in [5.41, 5.74) is -0.561. The van der Waals surface area contributed by atoms with E-state index in [9.17, 15) is 14.7 Å². The molecule has 2 N–H and O–H groups in total. The first-order chi connectivity index (χ1) is 7.69. The average molecular weight is 244 g/mol. The van der Waals surface area contributed by atoms with E-state index in [1.165, 1.54) is 11.8 Å². The van der Waals surface area contributed by atoms with Crippen LogP contribution in [-0.4, -0.2) is 52.8 Å². The Bertz CT molecular complexity index is 311. The highest BCUT2D eigenvalue weighted by Gasteiger charge is 2.36. The molecule has 0 saturated carbocycles. The van der Waals surface area contributed by atoms with Crippen molar-refractivity contribution in [1.29, 1.82) is 0 Å². The Morgan fingerprint density at radius 1 is 1.35 bits per heavy atom. The minimum Gasteiger partial charge on any atom is -0.444 e. The Kier molecular flexibility index (Phi) is 3.98. The van der Waals surface area contributed by atoms with Gasteiger partial charge in [0.05, 0.1) is 18.7 Å². The number of nitrogens with one attached hydrogen (secondary N) is 1. The van der Waals surface area contributed by atoms with Crippen molar-refractivity contribution >= 4 is 12.0 Å². The molecule has 1 fully saturated rings. The Morgan fingerprint density at radius 3 is 2.41 bits per heavy atom. The molecule has 0 unspecified atom stereocenters. The van der Waals surface area contributed by atoms with Gasteiger partial charge in [-0.2, -0.15) is 0 Å². The maximum Gasteiger partial charge on any atom is 0.410 e. The average Bonchev–Trinajstić information content (AvgIpc) is 2.44. The molecule has 0 radical (unpaired) electrons. The van der Waals surface area contributed by atoms with E-state index in [0.717, 1.165) is 0 Å². The zero-order valence-corrected chi connectivity index (χ0v) is 10.7. The smallest absolute Gasteiger partial charge is 0.410 e. The molecule has 98 valence electrons. The SMILES string of the molecule is CC(=O)N[C@@H]1CN(C(=O)OC(C)(C)C)C[C@@H]1O. The number of carbonyl (C=O) groups excluding carboxylic acids is 2. The molecule has 2 amide bonds. The van der Waals surface area contributed by atoms with Crippen molar-refractivity contribution in [1.82, 2.24) is 10.2 Å². The number of aliphatic hydroxyl groups excluding tert-OH is 1. The van der Waals surface area contributed by atoms with Gasteiger partial charge < -0.3 is 20.1 Å². The van der Waals surface area contributed by atoms with E-state index < -0.39 is 23.8 Å². The highest BCUT2D eigenvalue weighted by atomic mass is 16.6. The summed E-state index contributed by atoms with van der Waals surface area (Å²) in [5, 5.41) is 12.3. The molecule has 6 nitrogen and oxygen atoms in total. The molecule has 1 aliphatic heterocycles. The van der Waals surface area contributed by atoms with Crippen LogP contribution in [0.25, 0.3) is 0 Å². The summed E-state index contributed by atoms with van der Waals surface area (Å²) in [6.45, 7) is 7.17. The Hall–Kier alpha value is -1.30. The molecule has 0 bridgehead atoms. The number of β-amino-alcohol motifs (C(OH)–C–C–N with tert-alkyl or cyclic N) is 1. The molecule has 1 rings (SSSR count). The first-order valence-corrected chi connectivity index (χ1v) is 5.62. The number of rotatable bonds is 1. The van der Waals surface area contributed by atoms with E-state index in [1.54, 1.807) is 20.8 Å². The molecule has 2 atom stereocenters. The van der Waals surface area contributed by atoms with Crippen molar-refractivity contribution in [2.75, 3.05) is 13.1 Å². The van der Waals surface area contributed by atoms with Gasteiger partial charge in [0.25, 0.3) is 0 Å². The van der Waals surface area contributed by atoms with Gasteiger partial charge in [-0.3, -0.25) is 4.79 Å². The second-order valence-electron chi connectivity index (χ2n) is 5.26. The van der Waals surface area contributed by atoms with Crippen LogP contribution in [0, 0.1) is 0 Å². The minimum absolute atomic E-state index is 0.180. The number of aliphatic hydroxyl groups is 1. The van der Waals surface area contributed by atoms with Gasteiger partial charge in [0.2, 0.25) is 5.91 Å². The number of amides is 2. The molecule has 0 aromatic carbocycles. The lowest BCUT2D eigenvalue weighted by atomic mass is 10.2. The van der Waals surface area contributed by atoms with Crippen LogP contribution < -0.4 is 5.32 Å². The number of ether oxygens (including phenoxy) is 1. The normalized spacial score (nSPS) is 24.6. The zero-order valence-electron chi connectivity index (χ0n) is 10.7. The molecule has 0 aromatic rings. The minimum atomic E-state index is -0.744. The Labute approximate surface area is 101 Å². The third kappa shape index (κ3) is 4.22. The summed E-state index contributed by atoms with van der Waals surface area (Å²) in [4.78, 5) is 24.0. The number of carbonyl (C=O) groups is 2. The van der Waals surface area contributed by atoms with E-state index in [4.69, 9.17) is 4.74 Å². The molecule has 0 aromatic heterocycles. The molecule has 1 saturated heterocycles. The summed E-state index contributed by atoms with van der Waals surface area (Å²) in [6.07, 6.45) is -1.21. The monoisotopic (exact) mass is 244 g/mol. The van der Waals surface area contributed by atoms with Crippen molar-refractivity contribution in [3.05, 3.63) is 0 Å². The first-order valence-electron chi connectivity index (χ1n) is 5.62. The van der Waals surface area contributed by atoms with E-state index in [0.29, 0.717) is 0 Å². The summed E-state index contributed by atoms with van der Waals surface area (Å²) in [5.74, 6) is -0.222. The largest absolute Gasteiger partial charge is 0.444 e. The van der Waals surface area contributed by atoms with Crippen LogP contribution in [-0.2, 0) is 9.53 Å². The quantitative estimate of drug-likeness (QED) is 0.686. The molecule has 0 spiro atoms. The van der Waals surface area contributed by atoms with E-state index >= 15 is 0 Å². The molecular formula is C11H20N2O4.